The van der Waals surface area contributed by atoms with Crippen LogP contribution in [0.25, 0.3) is 0 Å². The van der Waals surface area contributed by atoms with E-state index in [-0.39, 0.29) is 11.3 Å². The van der Waals surface area contributed by atoms with Gasteiger partial charge in [-0.15, -0.1) is 0 Å². The van der Waals surface area contributed by atoms with E-state index >= 15 is 0 Å². The van der Waals surface area contributed by atoms with Gasteiger partial charge >= 0.3 is 0 Å². The van der Waals surface area contributed by atoms with Crippen molar-refractivity contribution in [3.8, 4) is 11.5 Å². The molecule has 0 amide bonds. The van der Waals surface area contributed by atoms with Gasteiger partial charge < -0.3 is 18.9 Å². The van der Waals surface area contributed by atoms with Crippen molar-refractivity contribution in [3.05, 3.63) is 48.0 Å². The summed E-state index contributed by atoms with van der Waals surface area (Å²) in [7, 11) is 0. The number of hydrogen-bond donors (Lipinski definition) is 1. The second-order valence-corrected chi connectivity index (χ2v) is 6.61. The normalized spacial score (nSPS) is 15.0. The number of anilines is 2. The van der Waals surface area contributed by atoms with Gasteiger partial charge in [0.05, 0.1) is 11.4 Å². The third kappa shape index (κ3) is 4.31. The smallest absolute Gasteiger partial charge is 0.252 e. The highest BCUT2D eigenvalue weighted by atomic mass is 35.5. The first-order chi connectivity index (χ1) is 12.0. The summed E-state index contributed by atoms with van der Waals surface area (Å²) in [5.74, 6) is 0.909. The van der Waals surface area contributed by atoms with Crippen LogP contribution in [0.15, 0.2) is 42.5 Å². The van der Waals surface area contributed by atoms with Gasteiger partial charge in [0.1, 0.15) is 5.75 Å². The Morgan fingerprint density at radius 3 is 2.48 bits per heavy atom. The van der Waals surface area contributed by atoms with Crippen molar-refractivity contribution in [2.75, 3.05) is 22.7 Å². The Kier molecular flexibility index (Phi) is 5.57. The van der Waals surface area contributed by atoms with Crippen LogP contribution >= 0.6 is 11.6 Å². The first-order valence-electron chi connectivity index (χ1n) is 7.76. The van der Waals surface area contributed by atoms with Gasteiger partial charge in [-0.3, -0.25) is 9.00 Å². The number of carbonyl (C=O) groups is 1. The van der Waals surface area contributed by atoms with Crippen molar-refractivity contribution in [3.63, 3.8) is 0 Å². The fourth-order valence-electron chi connectivity index (χ4n) is 2.80. The third-order valence-electron chi connectivity index (χ3n) is 3.90. The van der Waals surface area contributed by atoms with Crippen LogP contribution in [0.1, 0.15) is 23.2 Å². The van der Waals surface area contributed by atoms with E-state index in [0.29, 0.717) is 17.2 Å². The van der Waals surface area contributed by atoms with Crippen molar-refractivity contribution in [1.82, 2.24) is 0 Å². The van der Waals surface area contributed by atoms with Gasteiger partial charge in [0.15, 0.2) is 5.75 Å². The van der Waals surface area contributed by atoms with Crippen molar-refractivity contribution < 1.29 is 18.3 Å². The average molecular weight is 380 g/mol. The minimum atomic E-state index is -2.57. The summed E-state index contributed by atoms with van der Waals surface area (Å²) in [5, 5.41) is -0.661. The molecular weight excluding hydrogens is 364 g/mol. The lowest BCUT2D eigenvalue weighted by atomic mass is 10.1. The Balaban J connectivity index is 2.12. The fourth-order valence-corrected chi connectivity index (χ4v) is 3.24. The van der Waals surface area contributed by atoms with Crippen molar-refractivity contribution >= 4 is 39.5 Å². The Labute approximate surface area is 153 Å². The lowest BCUT2D eigenvalue weighted by Crippen LogP contribution is -2.19. The lowest BCUT2D eigenvalue weighted by molar-refractivity contribution is 0.108. The summed E-state index contributed by atoms with van der Waals surface area (Å²) in [5.41, 5.74) is 1.02. The van der Waals surface area contributed by atoms with Gasteiger partial charge in [0, 0.05) is 29.9 Å². The van der Waals surface area contributed by atoms with Crippen LogP contribution in [0.4, 0.5) is 11.4 Å². The number of carbonyl (C=O) groups excluding carboxylic acids is 1. The van der Waals surface area contributed by atoms with Crippen LogP contribution in [0, 0.1) is 0 Å². The Morgan fingerprint density at radius 2 is 1.88 bits per heavy atom. The highest BCUT2D eigenvalue weighted by Gasteiger charge is 2.22. The number of rotatable bonds is 6. The van der Waals surface area contributed by atoms with E-state index in [9.17, 15) is 13.6 Å². The summed E-state index contributed by atoms with van der Waals surface area (Å²) in [6, 6.07) is 12.1. The molecule has 1 N–H and O–H groups in total. The van der Waals surface area contributed by atoms with Crippen LogP contribution in [-0.4, -0.2) is 27.1 Å². The van der Waals surface area contributed by atoms with Crippen molar-refractivity contribution in [2.45, 2.75) is 12.8 Å². The highest BCUT2D eigenvalue weighted by Crippen LogP contribution is 2.42. The number of benzene rings is 2. The molecule has 6 nitrogen and oxygen atoms in total. The molecule has 0 saturated carbocycles. The minimum absolute atomic E-state index is 0.172. The second kappa shape index (κ2) is 7.86. The molecule has 1 aliphatic heterocycles. The first-order valence-corrected chi connectivity index (χ1v) is 9.21. The van der Waals surface area contributed by atoms with Crippen LogP contribution in [0.3, 0.4) is 0 Å². The van der Waals surface area contributed by atoms with Gasteiger partial charge in [-0.25, -0.2) is 0 Å². The number of ether oxygens (including phenoxy) is 1. The predicted octanol–water partition coefficient (Wildman–Crippen LogP) is 3.66. The highest BCUT2D eigenvalue weighted by molar-refractivity contribution is 7.80. The molecule has 0 aliphatic carbocycles. The number of hydrogen-bond acceptors (Lipinski definition) is 5. The molecule has 0 aromatic heterocycles. The largest absolute Gasteiger partial charge is 0.755 e. The number of nitrogens with zero attached hydrogens (tertiary/aromatic N) is 1. The van der Waals surface area contributed by atoms with E-state index in [0.717, 1.165) is 25.9 Å². The van der Waals surface area contributed by atoms with E-state index in [1.165, 1.54) is 6.07 Å². The molecule has 2 aromatic carbocycles. The molecule has 1 atom stereocenters. The van der Waals surface area contributed by atoms with Crippen LogP contribution in [0.2, 0.25) is 0 Å². The maximum Gasteiger partial charge on any atom is 0.252 e. The van der Waals surface area contributed by atoms with Gasteiger partial charge in [-0.05, 0) is 48.7 Å². The van der Waals surface area contributed by atoms with Gasteiger partial charge in [0.25, 0.3) is 5.24 Å². The van der Waals surface area contributed by atoms with Gasteiger partial charge in [-0.1, -0.05) is 18.2 Å². The Bertz CT molecular complexity index is 795. The topological polar surface area (TPSA) is 81.7 Å². The molecule has 0 spiro atoms. The molecule has 132 valence electrons. The summed E-state index contributed by atoms with van der Waals surface area (Å²) < 4.78 is 30.6. The molecule has 8 heteroatoms. The zero-order valence-corrected chi connectivity index (χ0v) is 14.8. The van der Waals surface area contributed by atoms with Crippen LogP contribution in [-0.2, 0) is 11.3 Å². The van der Waals surface area contributed by atoms with Crippen LogP contribution in [0.5, 0.6) is 11.5 Å². The van der Waals surface area contributed by atoms with Gasteiger partial charge in [-0.2, -0.15) is 0 Å². The van der Waals surface area contributed by atoms with Crippen molar-refractivity contribution in [2.24, 2.45) is 0 Å². The maximum absolute atomic E-state index is 11.6. The summed E-state index contributed by atoms with van der Waals surface area (Å²) in [6.45, 7) is 1.59. The summed E-state index contributed by atoms with van der Waals surface area (Å²) in [6.07, 6.45) is 2.03. The Hall–Kier alpha value is -2.09. The molecule has 1 aliphatic rings. The molecule has 25 heavy (non-hydrogen) atoms. The quantitative estimate of drug-likeness (QED) is 0.611. The SMILES string of the molecule is O=C(Cl)c1cc(NS(=O)[O-])c(Oc2ccccc2)c(N2CCCC2)c1. The number of halogens is 1. The van der Waals surface area contributed by atoms with E-state index in [2.05, 4.69) is 9.62 Å². The second-order valence-electron chi connectivity index (χ2n) is 5.59. The first kappa shape index (κ1) is 17.7. The minimum Gasteiger partial charge on any atom is -0.755 e. The zero-order valence-electron chi connectivity index (χ0n) is 13.2. The van der Waals surface area contributed by atoms with E-state index in [4.69, 9.17) is 16.3 Å². The molecule has 1 unspecified atom stereocenters. The molecule has 1 heterocycles. The lowest BCUT2D eigenvalue weighted by Gasteiger charge is -2.25. The summed E-state index contributed by atoms with van der Waals surface area (Å²) >= 11 is 3.05. The predicted molar refractivity (Wildman–Crippen MR) is 97.1 cm³/mol. The summed E-state index contributed by atoms with van der Waals surface area (Å²) in [4.78, 5) is 13.7. The third-order valence-corrected chi connectivity index (χ3v) is 4.50. The molecule has 1 fully saturated rings. The standard InChI is InChI=1S/C17H17ClN2O4S/c18-17(21)12-10-14(19-25(22)23)16(24-13-6-2-1-3-7-13)15(11-12)20-8-4-5-9-20/h1-3,6-7,10-11,19H,4-5,8-9H2,(H,22,23)/p-1. The van der Waals surface area contributed by atoms with E-state index in [1.807, 2.05) is 18.2 Å². The molecule has 3 rings (SSSR count). The molecule has 0 bridgehead atoms. The monoisotopic (exact) mass is 379 g/mol. The zero-order chi connectivity index (χ0) is 17.8. The van der Waals surface area contributed by atoms with E-state index in [1.54, 1.807) is 18.2 Å². The molecular formula is C17H16ClN2O4S-. The maximum atomic E-state index is 11.6. The molecule has 2 aromatic rings. The van der Waals surface area contributed by atoms with Crippen molar-refractivity contribution in [1.29, 1.82) is 0 Å². The Morgan fingerprint density at radius 1 is 1.20 bits per heavy atom. The number of nitrogens with one attached hydrogen (secondary N) is 1. The molecule has 1 saturated heterocycles. The average Bonchev–Trinajstić information content (AvgIpc) is 3.11. The molecule has 0 radical (unpaired) electrons. The van der Waals surface area contributed by atoms with Crippen LogP contribution < -0.4 is 14.4 Å². The number of para-hydroxylation sites is 1. The van der Waals surface area contributed by atoms with E-state index < -0.39 is 16.5 Å². The van der Waals surface area contributed by atoms with Gasteiger partial charge in [0.2, 0.25) is 0 Å². The fraction of sp³-hybridized carbons (Fsp3) is 0.235.